The molecule has 60 heavy (non-hydrogen) atoms. The zero-order valence-electron chi connectivity index (χ0n) is 32.0. The molecule has 300 valence electrons. The summed E-state index contributed by atoms with van der Waals surface area (Å²) < 4.78 is 74.3. The topological polar surface area (TPSA) is 75.7 Å². The lowest BCUT2D eigenvalue weighted by molar-refractivity contribution is -0.107. The summed E-state index contributed by atoms with van der Waals surface area (Å²) in [6, 6.07) is 66.8. The van der Waals surface area contributed by atoms with Crippen LogP contribution in [0, 0.1) is 0 Å². The number of benzene rings is 9. The Labute approximate surface area is 348 Å². The second-order valence-corrected chi connectivity index (χ2v) is 17.5. The molecule has 0 fully saturated rings. The molecule has 0 unspecified atom stereocenters. The molecule has 5 nitrogen and oxygen atoms in total. The fourth-order valence-corrected chi connectivity index (χ4v) is 9.93. The number of hydrogen-bond donors (Lipinski definition) is 0. The van der Waals surface area contributed by atoms with Crippen LogP contribution in [0.25, 0.3) is 43.1 Å². The third-order valence-corrected chi connectivity index (χ3v) is 12.8. The molecule has 0 aromatic heterocycles. The fourth-order valence-electron chi connectivity index (χ4n) is 7.39. The Morgan fingerprint density at radius 2 is 0.800 bits per heavy atom. The smallest absolute Gasteiger partial charge is 0.401 e. The maximum atomic E-state index is 11.0. The molecule has 0 aliphatic carbocycles. The van der Waals surface area contributed by atoms with E-state index in [9.17, 15) is 26.1 Å². The Morgan fingerprint density at radius 3 is 1.15 bits per heavy atom. The Kier molecular flexibility index (Phi) is 11.8. The standard InChI is InChI=1S/C48H35O2S.C2H3F3O3S/c1-2-20-40(21-3-1)51(41-22-12-18-38(30-41)49-32-47-43-24-8-4-14-34(43)28-35-15-5-9-25-44(35)47)42-23-13-19-39(31-42)50-33-48-45-26-10-6-16-36(45)29-37-17-7-11-27-46(37)48;3-2(4,5)1-9(6,7)8/h1-31H,32-33H2;1H2,(H,6,7,8)/q+1;/p-1. The molecule has 0 saturated heterocycles. The minimum Gasteiger partial charge on any atom is -0.748 e. The predicted molar refractivity (Wildman–Crippen MR) is 234 cm³/mol. The summed E-state index contributed by atoms with van der Waals surface area (Å²) in [5.41, 5.74) is 2.42. The second kappa shape index (κ2) is 17.5. The van der Waals surface area contributed by atoms with Gasteiger partial charge in [0.2, 0.25) is 0 Å². The predicted octanol–water partition coefficient (Wildman–Crippen LogP) is 12.6. The van der Waals surface area contributed by atoms with Gasteiger partial charge in [-0.2, -0.15) is 13.2 Å². The highest BCUT2D eigenvalue weighted by Gasteiger charge is 2.31. The van der Waals surface area contributed by atoms with E-state index < -0.39 is 22.0 Å². The molecule has 0 radical (unpaired) electrons. The SMILES string of the molecule is O=S(=O)([O-])CC(F)(F)F.c1ccc([S+](c2cccc(OCc3c4ccccc4cc4ccccc34)c2)c2cccc(OCc3c4ccccc4cc4ccccc34)c2)cc1. The van der Waals surface area contributed by atoms with Crippen LogP contribution in [-0.2, 0) is 34.2 Å². The summed E-state index contributed by atoms with van der Waals surface area (Å²) in [6.07, 6.45) is -4.92. The van der Waals surface area contributed by atoms with Gasteiger partial charge in [0.15, 0.2) is 14.7 Å². The zero-order chi connectivity index (χ0) is 41.7. The van der Waals surface area contributed by atoms with E-state index in [-0.39, 0.29) is 10.9 Å². The van der Waals surface area contributed by atoms with Crippen molar-refractivity contribution >= 4 is 64.1 Å². The van der Waals surface area contributed by atoms with Gasteiger partial charge in [0.1, 0.15) is 40.6 Å². The first kappa shape index (κ1) is 40.4. The minimum atomic E-state index is -5.16. The Bertz CT molecular complexity index is 2790. The number of ether oxygens (including phenoxy) is 2. The van der Waals surface area contributed by atoms with Gasteiger partial charge in [-0.3, -0.25) is 0 Å². The van der Waals surface area contributed by atoms with Gasteiger partial charge in [0.25, 0.3) is 0 Å². The Morgan fingerprint density at radius 1 is 0.450 bits per heavy atom. The van der Waals surface area contributed by atoms with Gasteiger partial charge >= 0.3 is 6.18 Å². The normalized spacial score (nSPS) is 11.8. The first-order chi connectivity index (χ1) is 29.0. The van der Waals surface area contributed by atoms with Crippen LogP contribution in [0.2, 0.25) is 0 Å². The molecule has 9 aromatic carbocycles. The number of halogens is 3. The van der Waals surface area contributed by atoms with Crippen molar-refractivity contribution in [3.63, 3.8) is 0 Å². The van der Waals surface area contributed by atoms with Gasteiger partial charge in [-0.1, -0.05) is 127 Å². The minimum absolute atomic E-state index is 0.380. The second-order valence-electron chi connectivity index (χ2n) is 14.1. The number of fused-ring (bicyclic) bond motifs is 4. The highest BCUT2D eigenvalue weighted by atomic mass is 32.2. The lowest BCUT2D eigenvalue weighted by Crippen LogP contribution is -2.21. The van der Waals surface area contributed by atoms with Gasteiger partial charge < -0.3 is 14.0 Å². The van der Waals surface area contributed by atoms with Crippen LogP contribution in [0.4, 0.5) is 13.2 Å². The molecule has 0 aliphatic rings. The number of hydrogen-bond acceptors (Lipinski definition) is 5. The van der Waals surface area contributed by atoms with Crippen LogP contribution in [0.3, 0.4) is 0 Å². The van der Waals surface area contributed by atoms with Crippen LogP contribution < -0.4 is 9.47 Å². The molecular formula is C50H37F3O5S2. The van der Waals surface area contributed by atoms with Crippen LogP contribution in [0.1, 0.15) is 11.1 Å². The van der Waals surface area contributed by atoms with E-state index in [1.54, 1.807) is 0 Å². The largest absolute Gasteiger partial charge is 0.748 e. The van der Waals surface area contributed by atoms with E-state index in [2.05, 4.69) is 188 Å². The molecule has 0 amide bonds. The maximum absolute atomic E-state index is 11.0. The Balaban J connectivity index is 0.000000500. The molecule has 9 aromatic rings. The van der Waals surface area contributed by atoms with Crippen molar-refractivity contribution in [1.29, 1.82) is 0 Å². The lowest BCUT2D eigenvalue weighted by Gasteiger charge is -2.15. The Hall–Kier alpha value is -6.33. The monoisotopic (exact) mass is 838 g/mol. The summed E-state index contributed by atoms with van der Waals surface area (Å²) in [7, 11) is -5.54. The van der Waals surface area contributed by atoms with Crippen molar-refractivity contribution < 1.29 is 35.6 Å². The van der Waals surface area contributed by atoms with Crippen LogP contribution in [0.5, 0.6) is 11.5 Å². The highest BCUT2D eigenvalue weighted by Crippen LogP contribution is 2.36. The van der Waals surface area contributed by atoms with Crippen molar-refractivity contribution in [1.82, 2.24) is 0 Å². The zero-order valence-corrected chi connectivity index (χ0v) is 33.6. The summed E-state index contributed by atoms with van der Waals surface area (Å²) in [6.45, 7) is 0.965. The van der Waals surface area contributed by atoms with Crippen molar-refractivity contribution in [3.8, 4) is 11.5 Å². The van der Waals surface area contributed by atoms with Gasteiger partial charge in [-0.15, -0.1) is 0 Å². The number of rotatable bonds is 10. The summed E-state index contributed by atoms with van der Waals surface area (Å²) in [4.78, 5) is 3.63. The molecule has 0 spiro atoms. The van der Waals surface area contributed by atoms with E-state index in [0.717, 1.165) is 11.5 Å². The lowest BCUT2D eigenvalue weighted by atomic mass is 9.97. The van der Waals surface area contributed by atoms with Crippen molar-refractivity contribution in [3.05, 3.63) is 199 Å². The van der Waals surface area contributed by atoms with Crippen LogP contribution in [0.15, 0.2) is 203 Å². The quantitative estimate of drug-likeness (QED) is 0.0779. The third kappa shape index (κ3) is 9.58. The summed E-state index contributed by atoms with van der Waals surface area (Å²) in [5.74, 6) is -0.582. The number of alkyl halides is 3. The van der Waals surface area contributed by atoms with E-state index in [1.807, 2.05) is 0 Å². The van der Waals surface area contributed by atoms with Gasteiger partial charge in [0.05, 0.1) is 10.9 Å². The summed E-state index contributed by atoms with van der Waals surface area (Å²) in [5, 5.41) is 9.81. The molecule has 0 saturated carbocycles. The molecule has 0 heterocycles. The van der Waals surface area contributed by atoms with Gasteiger partial charge in [-0.05, 0) is 91.6 Å². The summed E-state index contributed by atoms with van der Waals surface area (Å²) >= 11 is 0. The molecule has 0 aliphatic heterocycles. The van der Waals surface area contributed by atoms with Crippen LogP contribution >= 0.6 is 0 Å². The molecule has 9 rings (SSSR count). The highest BCUT2D eigenvalue weighted by molar-refractivity contribution is 7.97. The van der Waals surface area contributed by atoms with Gasteiger partial charge in [-0.25, -0.2) is 8.42 Å². The van der Waals surface area contributed by atoms with Gasteiger partial charge in [0, 0.05) is 23.3 Å². The van der Waals surface area contributed by atoms with Crippen LogP contribution in [-0.4, -0.2) is 24.9 Å². The average Bonchev–Trinajstić information content (AvgIpc) is 3.23. The molecule has 0 atom stereocenters. The first-order valence-corrected chi connectivity index (χ1v) is 21.8. The van der Waals surface area contributed by atoms with Crippen molar-refractivity contribution in [2.45, 2.75) is 34.1 Å². The maximum Gasteiger partial charge on any atom is 0.401 e. The van der Waals surface area contributed by atoms with Crippen molar-refractivity contribution in [2.75, 3.05) is 5.75 Å². The average molecular weight is 839 g/mol. The van der Waals surface area contributed by atoms with Crippen molar-refractivity contribution in [2.24, 2.45) is 0 Å². The molecule has 0 bridgehead atoms. The molecule has 0 N–H and O–H groups in total. The van der Waals surface area contributed by atoms with E-state index in [1.165, 1.54) is 68.9 Å². The molecular weight excluding hydrogens is 802 g/mol. The molecule has 10 heteroatoms. The third-order valence-electron chi connectivity index (χ3n) is 9.93. The first-order valence-electron chi connectivity index (χ1n) is 19.0. The van der Waals surface area contributed by atoms with E-state index in [4.69, 9.17) is 9.47 Å². The fraction of sp³-hybridized carbons (Fsp3) is 0.0800. The van der Waals surface area contributed by atoms with E-state index >= 15 is 0 Å². The van der Waals surface area contributed by atoms with E-state index in [0.29, 0.717) is 13.2 Å².